The molecule has 0 saturated carbocycles. The van der Waals surface area contributed by atoms with Crippen LogP contribution < -0.4 is 0 Å². The zero-order chi connectivity index (χ0) is 13.7. The molecule has 4 aromatic rings. The maximum absolute atomic E-state index is 2.30. The Bertz CT molecular complexity index is 911. The Balaban J connectivity index is 2.12. The molecule has 4 rings (SSSR count). The van der Waals surface area contributed by atoms with E-state index in [0.29, 0.717) is 0 Å². The van der Waals surface area contributed by atoms with Crippen LogP contribution in [-0.4, -0.2) is 8.97 Å². The molecular weight excluding hydrogens is 244 g/mol. The fourth-order valence-electron chi connectivity index (χ4n) is 3.16. The van der Waals surface area contributed by atoms with Crippen molar-refractivity contribution in [2.75, 3.05) is 0 Å². The summed E-state index contributed by atoms with van der Waals surface area (Å²) in [5.41, 5.74) is 7.71. The number of nitrogens with zero attached hydrogens (tertiary/aromatic N) is 2. The SMILES string of the molecule is Cc1c(-c2ccccc2)cn2c3ccccc3n(C)c12. The van der Waals surface area contributed by atoms with E-state index in [1.54, 1.807) is 0 Å². The first-order valence-electron chi connectivity index (χ1n) is 6.88. The highest BCUT2D eigenvalue weighted by atomic mass is 15.1. The summed E-state index contributed by atoms with van der Waals surface area (Å²) in [6.07, 6.45) is 2.25. The monoisotopic (exact) mass is 260 g/mol. The van der Waals surface area contributed by atoms with Crippen LogP contribution in [0.2, 0.25) is 0 Å². The molecule has 2 nitrogen and oxygen atoms in total. The molecule has 98 valence electrons. The van der Waals surface area contributed by atoms with E-state index in [0.717, 1.165) is 0 Å². The van der Waals surface area contributed by atoms with Crippen molar-refractivity contribution < 1.29 is 0 Å². The number of aromatic nitrogens is 2. The standard InChI is InChI=1S/C18H16N2/c1-13-15(14-8-4-3-5-9-14)12-20-17-11-7-6-10-16(17)19(2)18(13)20/h3-12H,1-2H3. The number of hydrogen-bond acceptors (Lipinski definition) is 0. The molecule has 0 atom stereocenters. The predicted octanol–water partition coefficient (Wildman–Crippen LogP) is 4.41. The van der Waals surface area contributed by atoms with Gasteiger partial charge in [-0.1, -0.05) is 42.5 Å². The Morgan fingerprint density at radius 2 is 1.45 bits per heavy atom. The van der Waals surface area contributed by atoms with Gasteiger partial charge in [0.05, 0.1) is 11.0 Å². The van der Waals surface area contributed by atoms with Crippen LogP contribution >= 0.6 is 0 Å². The Kier molecular flexibility index (Phi) is 2.27. The second-order valence-electron chi connectivity index (χ2n) is 5.28. The number of rotatable bonds is 1. The smallest absolute Gasteiger partial charge is 0.121 e. The van der Waals surface area contributed by atoms with Gasteiger partial charge in [-0.25, -0.2) is 0 Å². The van der Waals surface area contributed by atoms with Gasteiger partial charge in [-0.05, 0) is 30.2 Å². The minimum atomic E-state index is 1.26. The molecule has 0 radical (unpaired) electrons. The van der Waals surface area contributed by atoms with Crippen molar-refractivity contribution in [3.05, 3.63) is 66.4 Å². The van der Waals surface area contributed by atoms with Crippen LogP contribution in [0.1, 0.15) is 5.56 Å². The molecule has 0 aliphatic rings. The molecule has 20 heavy (non-hydrogen) atoms. The average Bonchev–Trinajstić information content (AvgIpc) is 2.98. The van der Waals surface area contributed by atoms with Crippen molar-refractivity contribution in [3.63, 3.8) is 0 Å². The molecule has 2 heteroatoms. The molecule has 2 heterocycles. The molecule has 0 amide bonds. The Morgan fingerprint density at radius 1 is 0.800 bits per heavy atom. The maximum Gasteiger partial charge on any atom is 0.121 e. The largest absolute Gasteiger partial charge is 0.329 e. The molecule has 0 unspecified atom stereocenters. The Hall–Kier alpha value is -2.48. The van der Waals surface area contributed by atoms with Gasteiger partial charge in [-0.2, -0.15) is 0 Å². The maximum atomic E-state index is 2.30. The molecule has 0 N–H and O–H groups in total. The van der Waals surface area contributed by atoms with Crippen molar-refractivity contribution in [3.8, 4) is 11.1 Å². The van der Waals surface area contributed by atoms with Gasteiger partial charge in [0, 0.05) is 18.8 Å². The van der Waals surface area contributed by atoms with Gasteiger partial charge >= 0.3 is 0 Å². The van der Waals surface area contributed by atoms with E-state index in [4.69, 9.17) is 0 Å². The first kappa shape index (κ1) is 11.4. The second-order valence-corrected chi connectivity index (χ2v) is 5.28. The highest BCUT2D eigenvalue weighted by molar-refractivity contribution is 5.87. The molecular formula is C18H16N2. The third kappa shape index (κ3) is 1.39. The third-order valence-corrected chi connectivity index (χ3v) is 4.13. The molecule has 0 spiro atoms. The van der Waals surface area contributed by atoms with E-state index in [9.17, 15) is 0 Å². The van der Waals surface area contributed by atoms with Crippen LogP contribution in [-0.2, 0) is 7.05 Å². The average molecular weight is 260 g/mol. The summed E-state index contributed by atoms with van der Waals surface area (Å²) in [5, 5.41) is 0. The van der Waals surface area contributed by atoms with Crippen molar-refractivity contribution >= 4 is 16.7 Å². The molecule has 0 aliphatic carbocycles. The van der Waals surface area contributed by atoms with Crippen LogP contribution in [0.4, 0.5) is 0 Å². The van der Waals surface area contributed by atoms with Gasteiger partial charge in [0.2, 0.25) is 0 Å². The zero-order valence-electron chi connectivity index (χ0n) is 11.7. The number of para-hydroxylation sites is 2. The number of fused-ring (bicyclic) bond motifs is 3. The normalized spacial score (nSPS) is 11.5. The molecule has 2 aromatic heterocycles. The summed E-state index contributed by atoms with van der Waals surface area (Å²) in [4.78, 5) is 0. The van der Waals surface area contributed by atoms with E-state index in [1.807, 2.05) is 0 Å². The predicted molar refractivity (Wildman–Crippen MR) is 84.0 cm³/mol. The number of aryl methyl sites for hydroxylation is 2. The number of hydrogen-bond donors (Lipinski definition) is 0. The molecule has 2 aromatic carbocycles. The van der Waals surface area contributed by atoms with E-state index in [2.05, 4.69) is 83.7 Å². The van der Waals surface area contributed by atoms with Crippen molar-refractivity contribution in [1.29, 1.82) is 0 Å². The van der Waals surface area contributed by atoms with E-state index < -0.39 is 0 Å². The van der Waals surface area contributed by atoms with E-state index >= 15 is 0 Å². The number of benzene rings is 2. The third-order valence-electron chi connectivity index (χ3n) is 4.13. The quantitative estimate of drug-likeness (QED) is 0.479. The van der Waals surface area contributed by atoms with Gasteiger partial charge in [-0.15, -0.1) is 0 Å². The van der Waals surface area contributed by atoms with Crippen molar-refractivity contribution in [2.24, 2.45) is 7.05 Å². The van der Waals surface area contributed by atoms with Crippen molar-refractivity contribution in [1.82, 2.24) is 8.97 Å². The molecule has 0 bridgehead atoms. The molecule has 0 aliphatic heterocycles. The lowest BCUT2D eigenvalue weighted by molar-refractivity contribution is 0.988. The second kappa shape index (κ2) is 4.01. The highest BCUT2D eigenvalue weighted by Gasteiger charge is 2.14. The lowest BCUT2D eigenvalue weighted by Crippen LogP contribution is -1.88. The van der Waals surface area contributed by atoms with Crippen LogP contribution in [0.25, 0.3) is 27.8 Å². The fourth-order valence-corrected chi connectivity index (χ4v) is 3.16. The van der Waals surface area contributed by atoms with Gasteiger partial charge in [-0.3, -0.25) is 0 Å². The van der Waals surface area contributed by atoms with Crippen molar-refractivity contribution in [2.45, 2.75) is 6.92 Å². The fraction of sp³-hybridized carbons (Fsp3) is 0.111. The first-order chi connectivity index (χ1) is 9.77. The van der Waals surface area contributed by atoms with Crippen LogP contribution in [0, 0.1) is 6.92 Å². The van der Waals surface area contributed by atoms with E-state index in [1.165, 1.54) is 33.4 Å². The molecule has 0 saturated heterocycles. The van der Waals surface area contributed by atoms with E-state index in [-0.39, 0.29) is 0 Å². The minimum Gasteiger partial charge on any atom is -0.329 e. The lowest BCUT2D eigenvalue weighted by Gasteiger charge is -2.01. The molecule has 0 fully saturated rings. The summed E-state index contributed by atoms with van der Waals surface area (Å²) in [6, 6.07) is 19.1. The number of imidazole rings is 1. The lowest BCUT2D eigenvalue weighted by atomic mass is 10.1. The first-order valence-corrected chi connectivity index (χ1v) is 6.88. The summed E-state index contributed by atoms with van der Waals surface area (Å²) in [7, 11) is 2.14. The summed E-state index contributed by atoms with van der Waals surface area (Å²) in [5.74, 6) is 0. The highest BCUT2D eigenvalue weighted by Crippen LogP contribution is 2.31. The van der Waals surface area contributed by atoms with Crippen LogP contribution in [0.5, 0.6) is 0 Å². The Labute approximate surface area is 117 Å². The topological polar surface area (TPSA) is 9.34 Å². The summed E-state index contributed by atoms with van der Waals surface area (Å²) < 4.78 is 4.57. The Morgan fingerprint density at radius 3 is 2.20 bits per heavy atom. The van der Waals surface area contributed by atoms with Crippen LogP contribution in [0.15, 0.2) is 60.8 Å². The summed E-state index contributed by atoms with van der Waals surface area (Å²) >= 11 is 0. The van der Waals surface area contributed by atoms with Gasteiger partial charge in [0.25, 0.3) is 0 Å². The van der Waals surface area contributed by atoms with Gasteiger partial charge < -0.3 is 8.97 Å². The van der Waals surface area contributed by atoms with Gasteiger partial charge in [0.1, 0.15) is 5.65 Å². The minimum absolute atomic E-state index is 1.26. The summed E-state index contributed by atoms with van der Waals surface area (Å²) in [6.45, 7) is 2.20. The zero-order valence-corrected chi connectivity index (χ0v) is 11.7. The van der Waals surface area contributed by atoms with Gasteiger partial charge in [0.15, 0.2) is 0 Å². The van der Waals surface area contributed by atoms with Crippen LogP contribution in [0.3, 0.4) is 0 Å².